The van der Waals surface area contributed by atoms with Crippen molar-refractivity contribution in [3.8, 4) is 0 Å². The number of amides is 3. The van der Waals surface area contributed by atoms with Gasteiger partial charge in [-0.25, -0.2) is 24.5 Å². The molecular weight excluding hydrogens is 554 g/mol. The smallest absolute Gasteiger partial charge is 0.407 e. The van der Waals surface area contributed by atoms with Crippen molar-refractivity contribution in [2.75, 3.05) is 18.5 Å². The minimum atomic E-state index is -0.660. The van der Waals surface area contributed by atoms with E-state index in [1.165, 1.54) is 25.6 Å². The number of rotatable bonds is 6. The third-order valence-corrected chi connectivity index (χ3v) is 10.6. The molecule has 5 saturated carbocycles. The van der Waals surface area contributed by atoms with Crippen molar-refractivity contribution >= 4 is 29.1 Å². The van der Waals surface area contributed by atoms with Crippen LogP contribution < -0.4 is 16.0 Å². The third kappa shape index (κ3) is 4.93. The van der Waals surface area contributed by atoms with Gasteiger partial charge in [-0.1, -0.05) is 6.42 Å². The first-order valence-corrected chi connectivity index (χ1v) is 16.1. The molecule has 7 fully saturated rings. The Morgan fingerprint density at radius 1 is 1.00 bits per heavy atom. The second kappa shape index (κ2) is 10.6. The highest BCUT2D eigenvalue weighted by Crippen LogP contribution is 2.55. The van der Waals surface area contributed by atoms with Crippen molar-refractivity contribution in [3.63, 3.8) is 0 Å². The number of urea groups is 1. The van der Waals surface area contributed by atoms with Gasteiger partial charge in [-0.3, -0.25) is 9.88 Å². The van der Waals surface area contributed by atoms with Crippen LogP contribution in [0.5, 0.6) is 0 Å². The molecule has 1 spiro atoms. The van der Waals surface area contributed by atoms with E-state index in [0.717, 1.165) is 69.1 Å². The molecule has 4 bridgehead atoms. The standard InChI is InChI=1S/C30H41N7O6/c1-2-31-28(39)40-14-20-22-23(43-30(42-22)6-4-3-5-7-30)26(41-20)37-16-34-21-24(32-15-33-25(21)37)35-27(38)36-29-11-17-8-18(12-29)10-19(9-17)13-29/h15-20,22-23,26H,2-14H2,1H3,(H,31,39)(H2,32,33,35,36,38)/t17?,18?,19?,20-,22-,23-,26-,29?/m1/s1. The molecule has 0 unspecified atom stereocenters. The molecule has 2 aromatic heterocycles. The van der Waals surface area contributed by atoms with Gasteiger partial charge < -0.3 is 29.6 Å². The lowest BCUT2D eigenvalue weighted by molar-refractivity contribution is -0.232. The Balaban J connectivity index is 1.02. The van der Waals surface area contributed by atoms with Crippen LogP contribution in [0.2, 0.25) is 0 Å². The Hall–Kier alpha value is -3.03. The average molecular weight is 596 g/mol. The summed E-state index contributed by atoms with van der Waals surface area (Å²) in [7, 11) is 0. The molecule has 3 N–H and O–H groups in total. The largest absolute Gasteiger partial charge is 0.447 e. The van der Waals surface area contributed by atoms with E-state index in [0.29, 0.717) is 23.5 Å². The van der Waals surface area contributed by atoms with E-state index < -0.39 is 36.4 Å². The van der Waals surface area contributed by atoms with Crippen molar-refractivity contribution in [2.24, 2.45) is 17.8 Å². The first-order valence-electron chi connectivity index (χ1n) is 16.1. The van der Waals surface area contributed by atoms with Crippen molar-refractivity contribution in [2.45, 2.75) is 113 Å². The normalized spacial score (nSPS) is 37.0. The maximum absolute atomic E-state index is 13.3. The number of imidazole rings is 1. The second-order valence-corrected chi connectivity index (χ2v) is 13.7. The van der Waals surface area contributed by atoms with E-state index in [9.17, 15) is 9.59 Å². The van der Waals surface area contributed by atoms with Crippen LogP contribution in [0.4, 0.5) is 15.4 Å². The zero-order chi connectivity index (χ0) is 29.2. The quantitative estimate of drug-likeness (QED) is 0.450. The lowest BCUT2D eigenvalue weighted by Gasteiger charge is -2.56. The monoisotopic (exact) mass is 595 g/mol. The fraction of sp³-hybridized carbons (Fsp3) is 0.767. The second-order valence-electron chi connectivity index (χ2n) is 13.7. The lowest BCUT2D eigenvalue weighted by Crippen LogP contribution is -2.60. The Morgan fingerprint density at radius 3 is 2.44 bits per heavy atom. The van der Waals surface area contributed by atoms with Gasteiger partial charge in [0, 0.05) is 24.9 Å². The van der Waals surface area contributed by atoms with Gasteiger partial charge in [-0.15, -0.1) is 0 Å². The topological polar surface area (TPSA) is 151 Å². The van der Waals surface area contributed by atoms with Crippen molar-refractivity contribution < 1.29 is 28.5 Å². The number of fused-ring (bicyclic) bond motifs is 2. The molecule has 13 nitrogen and oxygen atoms in total. The summed E-state index contributed by atoms with van der Waals surface area (Å²) in [6.07, 6.45) is 12.6. The molecule has 9 rings (SSSR count). The summed E-state index contributed by atoms with van der Waals surface area (Å²) in [5.41, 5.74) is 0.871. The summed E-state index contributed by atoms with van der Waals surface area (Å²) in [6, 6.07) is -0.247. The molecule has 4 atom stereocenters. The molecule has 5 aliphatic carbocycles. The SMILES string of the molecule is CCNC(=O)OC[C@H]1O[C@@H](n2cnc3c(NC(=O)NC45CC6CC(CC(C6)C4)C5)ncnc32)[C@@H]2OC3(CCCCC3)O[C@@H]21. The minimum absolute atomic E-state index is 0.0296. The number of aromatic nitrogens is 4. The molecular formula is C30H41N7O6. The molecule has 0 radical (unpaired) electrons. The van der Waals surface area contributed by atoms with Crippen LogP contribution in [0.25, 0.3) is 11.2 Å². The van der Waals surface area contributed by atoms with E-state index in [1.54, 1.807) is 6.33 Å². The number of hydrogen-bond acceptors (Lipinski definition) is 9. The Kier molecular flexibility index (Phi) is 6.75. The predicted molar refractivity (Wildman–Crippen MR) is 153 cm³/mol. The van der Waals surface area contributed by atoms with E-state index >= 15 is 0 Å². The molecule has 2 aliphatic heterocycles. The average Bonchev–Trinajstić information content (AvgIpc) is 3.64. The zero-order valence-corrected chi connectivity index (χ0v) is 24.6. The van der Waals surface area contributed by atoms with Gasteiger partial charge in [0.15, 0.2) is 29.0 Å². The number of ether oxygens (including phenoxy) is 4. The number of carbonyl (C=O) groups is 2. The van der Waals surface area contributed by atoms with Gasteiger partial charge in [-0.2, -0.15) is 0 Å². The molecule has 43 heavy (non-hydrogen) atoms. The van der Waals surface area contributed by atoms with Crippen LogP contribution in [0.15, 0.2) is 12.7 Å². The minimum Gasteiger partial charge on any atom is -0.447 e. The summed E-state index contributed by atoms with van der Waals surface area (Å²) in [5.74, 6) is 1.88. The maximum Gasteiger partial charge on any atom is 0.407 e. The first kappa shape index (κ1) is 27.5. The highest BCUT2D eigenvalue weighted by Gasteiger charge is 2.59. The highest BCUT2D eigenvalue weighted by molar-refractivity contribution is 5.96. The number of hydrogen-bond donors (Lipinski definition) is 3. The van der Waals surface area contributed by atoms with Crippen LogP contribution in [0, 0.1) is 17.8 Å². The molecule has 232 valence electrons. The summed E-state index contributed by atoms with van der Waals surface area (Å²) in [4.78, 5) is 38.9. The van der Waals surface area contributed by atoms with Crippen molar-refractivity contribution in [1.82, 2.24) is 30.2 Å². The summed E-state index contributed by atoms with van der Waals surface area (Å²) in [5, 5.41) is 8.97. The van der Waals surface area contributed by atoms with Gasteiger partial charge in [0.1, 0.15) is 31.2 Å². The number of anilines is 1. The molecule has 0 aromatic carbocycles. The van der Waals surface area contributed by atoms with Crippen LogP contribution in [-0.2, 0) is 18.9 Å². The summed E-state index contributed by atoms with van der Waals surface area (Å²) >= 11 is 0. The van der Waals surface area contributed by atoms with E-state index in [1.807, 2.05) is 11.5 Å². The number of nitrogens with zero attached hydrogens (tertiary/aromatic N) is 4. The van der Waals surface area contributed by atoms with Gasteiger partial charge in [0.25, 0.3) is 0 Å². The fourth-order valence-corrected chi connectivity index (χ4v) is 9.31. The molecule has 2 aromatic rings. The van der Waals surface area contributed by atoms with Crippen molar-refractivity contribution in [3.05, 3.63) is 12.7 Å². The van der Waals surface area contributed by atoms with E-state index in [2.05, 4.69) is 30.9 Å². The number of alkyl carbamates (subject to hydrolysis) is 1. The van der Waals surface area contributed by atoms with Crippen LogP contribution in [0.1, 0.15) is 83.8 Å². The van der Waals surface area contributed by atoms with E-state index in [-0.39, 0.29) is 18.2 Å². The molecule has 4 heterocycles. The van der Waals surface area contributed by atoms with Gasteiger partial charge in [-0.05, 0) is 76.0 Å². The molecule has 7 aliphatic rings. The predicted octanol–water partition coefficient (Wildman–Crippen LogP) is 4.00. The first-order chi connectivity index (χ1) is 20.9. The van der Waals surface area contributed by atoms with Gasteiger partial charge >= 0.3 is 12.1 Å². The molecule has 3 amide bonds. The Bertz CT molecular complexity index is 1360. The molecule has 13 heteroatoms. The number of carbonyl (C=O) groups excluding carboxylic acids is 2. The Labute approximate surface area is 250 Å². The summed E-state index contributed by atoms with van der Waals surface area (Å²) < 4.78 is 26.9. The van der Waals surface area contributed by atoms with Crippen LogP contribution in [0.3, 0.4) is 0 Å². The van der Waals surface area contributed by atoms with E-state index in [4.69, 9.17) is 18.9 Å². The Morgan fingerprint density at radius 2 is 1.72 bits per heavy atom. The van der Waals surface area contributed by atoms with Crippen LogP contribution in [-0.4, -0.2) is 74.4 Å². The lowest BCUT2D eigenvalue weighted by atomic mass is 9.53. The van der Waals surface area contributed by atoms with Crippen LogP contribution >= 0.6 is 0 Å². The zero-order valence-electron chi connectivity index (χ0n) is 24.6. The maximum atomic E-state index is 13.3. The van der Waals surface area contributed by atoms with Gasteiger partial charge in [0.05, 0.1) is 6.33 Å². The number of nitrogens with one attached hydrogen (secondary N) is 3. The summed E-state index contributed by atoms with van der Waals surface area (Å²) in [6.45, 7) is 2.34. The third-order valence-electron chi connectivity index (χ3n) is 10.6. The fourth-order valence-electron chi connectivity index (χ4n) is 9.31. The van der Waals surface area contributed by atoms with Gasteiger partial charge in [0.2, 0.25) is 0 Å². The highest BCUT2D eigenvalue weighted by atomic mass is 16.8. The van der Waals surface area contributed by atoms with Crippen molar-refractivity contribution in [1.29, 1.82) is 0 Å². The molecule has 2 saturated heterocycles.